The molecule has 0 unspecified atom stereocenters. The molecule has 2 aromatic carbocycles. The van der Waals surface area contributed by atoms with Gasteiger partial charge >= 0.3 is 0 Å². The fraction of sp³-hybridized carbons (Fsp3) is 0.125. The number of ketones is 1. The molecular formula is C16H9BrClFN2O4. The number of amides is 1. The molecule has 0 aliphatic carbocycles. The fourth-order valence-electron chi connectivity index (χ4n) is 2.64. The lowest BCUT2D eigenvalue weighted by molar-refractivity contribution is -0.385. The van der Waals surface area contributed by atoms with Gasteiger partial charge in [-0.15, -0.1) is 0 Å². The maximum Gasteiger partial charge on any atom is 0.282 e. The molecule has 2 aromatic rings. The summed E-state index contributed by atoms with van der Waals surface area (Å²) in [6, 6.07) is 4.44. The predicted molar refractivity (Wildman–Crippen MR) is 92.6 cm³/mol. The maximum absolute atomic E-state index is 13.5. The number of hydrogen-bond donors (Lipinski definition) is 1. The van der Waals surface area contributed by atoms with Crippen molar-refractivity contribution in [3.8, 4) is 0 Å². The molecule has 0 spiro atoms. The van der Waals surface area contributed by atoms with E-state index in [2.05, 4.69) is 21.2 Å². The van der Waals surface area contributed by atoms with Crippen molar-refractivity contribution in [2.75, 3.05) is 5.32 Å². The van der Waals surface area contributed by atoms with Crippen molar-refractivity contribution < 1.29 is 18.9 Å². The molecule has 1 aliphatic rings. The first-order valence-electron chi connectivity index (χ1n) is 7.09. The number of carbonyl (C=O) groups is 2. The third-order valence-corrected chi connectivity index (χ3v) is 4.93. The number of carbonyl (C=O) groups excluding carboxylic acids is 2. The minimum absolute atomic E-state index is 0.0330. The number of benzene rings is 2. The minimum Gasteiger partial charge on any atom is -0.325 e. The van der Waals surface area contributed by atoms with Gasteiger partial charge in [0.1, 0.15) is 11.4 Å². The molecule has 1 amide bonds. The lowest BCUT2D eigenvalue weighted by Gasteiger charge is -2.20. The summed E-state index contributed by atoms with van der Waals surface area (Å²) in [4.78, 5) is 35.2. The molecule has 1 N–H and O–H groups in total. The molecule has 1 aliphatic heterocycles. The van der Waals surface area contributed by atoms with Crippen molar-refractivity contribution in [1.82, 2.24) is 0 Å². The van der Waals surface area contributed by atoms with Crippen LogP contribution in [-0.2, 0) is 11.2 Å². The molecule has 0 saturated carbocycles. The van der Waals surface area contributed by atoms with Crippen LogP contribution in [0.1, 0.15) is 27.9 Å². The standard InChI is InChI=1S/C16H9BrClFN2O4/c17-14-13(16(23)9-6-8(19)2-3-10(9)18)11(21(24)25)5-7-1-4-12(22)20-15(7)14/h2-3,5-6H,1,4H2,(H,20,22). The van der Waals surface area contributed by atoms with Crippen LogP contribution in [0.25, 0.3) is 0 Å². The van der Waals surface area contributed by atoms with E-state index in [0.717, 1.165) is 12.1 Å². The Kier molecular flexibility index (Phi) is 4.57. The van der Waals surface area contributed by atoms with E-state index in [1.165, 1.54) is 12.1 Å². The van der Waals surface area contributed by atoms with Gasteiger partial charge in [0.15, 0.2) is 0 Å². The highest BCUT2D eigenvalue weighted by molar-refractivity contribution is 9.10. The van der Waals surface area contributed by atoms with Crippen molar-refractivity contribution >= 4 is 50.6 Å². The molecule has 3 rings (SSSR count). The van der Waals surface area contributed by atoms with Gasteiger partial charge in [0, 0.05) is 18.1 Å². The Labute approximate surface area is 154 Å². The van der Waals surface area contributed by atoms with Crippen molar-refractivity contribution in [2.24, 2.45) is 0 Å². The summed E-state index contributed by atoms with van der Waals surface area (Å²) in [5.74, 6) is -1.77. The lowest BCUT2D eigenvalue weighted by atomic mass is 9.95. The second-order valence-electron chi connectivity index (χ2n) is 5.38. The molecule has 1 heterocycles. The molecule has 0 atom stereocenters. The van der Waals surface area contributed by atoms with Crippen molar-refractivity contribution in [3.05, 3.63) is 66.4 Å². The van der Waals surface area contributed by atoms with Crippen LogP contribution in [0.2, 0.25) is 5.02 Å². The van der Waals surface area contributed by atoms with Gasteiger partial charge in [0.05, 0.1) is 20.1 Å². The number of nitrogens with one attached hydrogen (secondary N) is 1. The molecular weight excluding hydrogens is 419 g/mol. The third-order valence-electron chi connectivity index (χ3n) is 3.81. The Morgan fingerprint density at radius 2 is 2.04 bits per heavy atom. The molecule has 0 radical (unpaired) electrons. The number of nitro benzene ring substituents is 1. The highest BCUT2D eigenvalue weighted by Crippen LogP contribution is 2.40. The monoisotopic (exact) mass is 426 g/mol. The van der Waals surface area contributed by atoms with Crippen molar-refractivity contribution in [3.63, 3.8) is 0 Å². The molecule has 6 nitrogen and oxygen atoms in total. The Morgan fingerprint density at radius 1 is 1.32 bits per heavy atom. The van der Waals surface area contributed by atoms with Crippen molar-refractivity contribution in [1.29, 1.82) is 0 Å². The third kappa shape index (κ3) is 3.14. The van der Waals surface area contributed by atoms with Crippen LogP contribution in [0.3, 0.4) is 0 Å². The van der Waals surface area contributed by atoms with E-state index >= 15 is 0 Å². The molecule has 0 saturated heterocycles. The van der Waals surface area contributed by atoms with Crippen LogP contribution < -0.4 is 5.32 Å². The van der Waals surface area contributed by atoms with Crippen molar-refractivity contribution in [2.45, 2.75) is 12.8 Å². The minimum atomic E-state index is -0.814. The summed E-state index contributed by atoms with van der Waals surface area (Å²) in [5.41, 5.74) is -0.0871. The SMILES string of the molecule is O=C1CCc2cc([N+](=O)[O-])c(C(=O)c3cc(F)ccc3Cl)c(Br)c2N1. The Bertz CT molecular complexity index is 948. The normalized spacial score (nSPS) is 13.2. The lowest BCUT2D eigenvalue weighted by Crippen LogP contribution is -2.21. The van der Waals surface area contributed by atoms with Gasteiger partial charge in [-0.05, 0) is 46.1 Å². The second kappa shape index (κ2) is 6.53. The van der Waals surface area contributed by atoms with E-state index in [1.807, 2.05) is 0 Å². The molecule has 128 valence electrons. The Balaban J connectivity index is 2.25. The van der Waals surface area contributed by atoms with Gasteiger partial charge in [0.2, 0.25) is 11.7 Å². The van der Waals surface area contributed by atoms with Gasteiger partial charge in [-0.2, -0.15) is 0 Å². The molecule has 0 bridgehead atoms. The van der Waals surface area contributed by atoms with E-state index in [-0.39, 0.29) is 33.0 Å². The van der Waals surface area contributed by atoms with E-state index < -0.39 is 22.2 Å². The number of hydrogen-bond acceptors (Lipinski definition) is 4. The highest BCUT2D eigenvalue weighted by atomic mass is 79.9. The Morgan fingerprint density at radius 3 is 2.72 bits per heavy atom. The molecule has 0 fully saturated rings. The molecule has 25 heavy (non-hydrogen) atoms. The zero-order valence-electron chi connectivity index (χ0n) is 12.4. The summed E-state index contributed by atoms with van der Waals surface area (Å²) in [6.07, 6.45) is 0.509. The second-order valence-corrected chi connectivity index (χ2v) is 6.58. The van der Waals surface area contributed by atoms with Gasteiger partial charge < -0.3 is 5.32 Å². The van der Waals surface area contributed by atoms with Crippen LogP contribution >= 0.6 is 27.5 Å². The number of nitro groups is 1. The summed E-state index contributed by atoms with van der Waals surface area (Å²) < 4.78 is 13.6. The van der Waals surface area contributed by atoms with E-state index in [9.17, 15) is 24.1 Å². The first-order valence-corrected chi connectivity index (χ1v) is 8.26. The molecule has 0 aromatic heterocycles. The zero-order valence-corrected chi connectivity index (χ0v) is 14.8. The molecule has 9 heteroatoms. The van der Waals surface area contributed by atoms with Gasteiger partial charge in [-0.25, -0.2) is 4.39 Å². The maximum atomic E-state index is 13.5. The summed E-state index contributed by atoms with van der Waals surface area (Å²) in [7, 11) is 0. The fourth-order valence-corrected chi connectivity index (χ4v) is 3.58. The van der Waals surface area contributed by atoms with E-state index in [1.54, 1.807) is 0 Å². The van der Waals surface area contributed by atoms with Gasteiger partial charge in [0.25, 0.3) is 5.69 Å². The van der Waals surface area contributed by atoms with E-state index in [0.29, 0.717) is 17.7 Å². The smallest absolute Gasteiger partial charge is 0.282 e. The number of rotatable bonds is 3. The topological polar surface area (TPSA) is 89.3 Å². The van der Waals surface area contributed by atoms with Crippen LogP contribution in [0.5, 0.6) is 0 Å². The van der Waals surface area contributed by atoms with Crippen LogP contribution in [0.4, 0.5) is 15.8 Å². The average molecular weight is 428 g/mol. The number of halogens is 3. The van der Waals surface area contributed by atoms with Crippen LogP contribution in [-0.4, -0.2) is 16.6 Å². The number of anilines is 1. The predicted octanol–water partition coefficient (Wildman–Crippen LogP) is 4.27. The summed E-state index contributed by atoms with van der Waals surface area (Å²) in [6.45, 7) is 0. The Hall–Kier alpha value is -2.32. The first kappa shape index (κ1) is 17.5. The van der Waals surface area contributed by atoms with Gasteiger partial charge in [-0.3, -0.25) is 19.7 Å². The average Bonchev–Trinajstić information content (AvgIpc) is 2.56. The highest BCUT2D eigenvalue weighted by Gasteiger charge is 2.32. The number of nitrogens with zero attached hydrogens (tertiary/aromatic N) is 1. The van der Waals surface area contributed by atoms with Gasteiger partial charge in [-0.1, -0.05) is 11.6 Å². The summed E-state index contributed by atoms with van der Waals surface area (Å²) >= 11 is 9.13. The largest absolute Gasteiger partial charge is 0.325 e. The zero-order chi connectivity index (χ0) is 18.3. The quantitative estimate of drug-likeness (QED) is 0.450. The van der Waals surface area contributed by atoms with Crippen LogP contribution in [0, 0.1) is 15.9 Å². The van der Waals surface area contributed by atoms with Crippen LogP contribution in [0.15, 0.2) is 28.7 Å². The van der Waals surface area contributed by atoms with E-state index in [4.69, 9.17) is 11.6 Å². The first-order chi connectivity index (χ1) is 11.8. The number of fused-ring (bicyclic) bond motifs is 1. The number of aryl methyl sites for hydroxylation is 1. The summed E-state index contributed by atoms with van der Waals surface area (Å²) in [5, 5.41) is 14.0.